The maximum Gasteiger partial charge on any atom is 0.244 e. The van der Waals surface area contributed by atoms with Crippen LogP contribution in [0.3, 0.4) is 0 Å². The number of nitrogens with one attached hydrogen (secondary N) is 1. The van der Waals surface area contributed by atoms with Gasteiger partial charge in [0.2, 0.25) is 21.8 Å². The highest BCUT2D eigenvalue weighted by atomic mass is 32.2. The van der Waals surface area contributed by atoms with E-state index in [0.717, 1.165) is 21.7 Å². The number of halogens is 1. The van der Waals surface area contributed by atoms with Gasteiger partial charge in [-0.3, -0.25) is 13.9 Å². The van der Waals surface area contributed by atoms with Crippen molar-refractivity contribution in [3.63, 3.8) is 0 Å². The smallest absolute Gasteiger partial charge is 0.244 e. The van der Waals surface area contributed by atoms with E-state index in [4.69, 9.17) is 0 Å². The minimum Gasteiger partial charge on any atom is -0.357 e. The summed E-state index contributed by atoms with van der Waals surface area (Å²) in [4.78, 5) is 28.1. The molecule has 202 valence electrons. The third-order valence-corrected chi connectivity index (χ3v) is 7.48. The molecule has 0 spiro atoms. The van der Waals surface area contributed by atoms with E-state index in [1.54, 1.807) is 18.2 Å². The Morgan fingerprint density at radius 2 is 1.53 bits per heavy atom. The van der Waals surface area contributed by atoms with Gasteiger partial charge in [-0.15, -0.1) is 0 Å². The third-order valence-electron chi connectivity index (χ3n) is 6.34. The average Bonchev–Trinajstić information content (AvgIpc) is 2.89. The summed E-state index contributed by atoms with van der Waals surface area (Å²) in [5.74, 6) is -1.34. The van der Waals surface area contributed by atoms with Gasteiger partial charge in [0.05, 0.1) is 11.9 Å². The lowest BCUT2D eigenvalue weighted by atomic mass is 10.0. The molecule has 0 aliphatic heterocycles. The fourth-order valence-corrected chi connectivity index (χ4v) is 5.02. The third kappa shape index (κ3) is 7.41. The van der Waals surface area contributed by atoms with Gasteiger partial charge in [0, 0.05) is 25.6 Å². The predicted molar refractivity (Wildman–Crippen MR) is 148 cm³/mol. The van der Waals surface area contributed by atoms with Gasteiger partial charge in [-0.1, -0.05) is 74.5 Å². The largest absolute Gasteiger partial charge is 0.357 e. The van der Waals surface area contributed by atoms with Crippen molar-refractivity contribution in [2.75, 3.05) is 24.2 Å². The van der Waals surface area contributed by atoms with Gasteiger partial charge in [-0.05, 0) is 35.2 Å². The fourth-order valence-electron chi connectivity index (χ4n) is 4.17. The minimum absolute atomic E-state index is 0.169. The molecule has 3 rings (SSSR count). The summed E-state index contributed by atoms with van der Waals surface area (Å²) in [5.41, 5.74) is 2.37. The molecule has 9 heteroatoms. The van der Waals surface area contributed by atoms with Crippen LogP contribution in [-0.2, 0) is 32.6 Å². The van der Waals surface area contributed by atoms with Crippen molar-refractivity contribution in [2.24, 2.45) is 0 Å². The molecular formula is C29H34FN3O4S. The minimum atomic E-state index is -3.86. The van der Waals surface area contributed by atoms with Crippen LogP contribution >= 0.6 is 0 Å². The molecule has 0 saturated carbocycles. The number of carbonyl (C=O) groups excluding carboxylic acids is 2. The number of anilines is 1. The zero-order valence-electron chi connectivity index (χ0n) is 22.1. The van der Waals surface area contributed by atoms with Gasteiger partial charge in [-0.2, -0.15) is 0 Å². The first-order valence-corrected chi connectivity index (χ1v) is 14.2. The number of likely N-dealkylation sites (N-methyl/N-ethyl adjacent to an activating group) is 1. The molecular weight excluding hydrogens is 505 g/mol. The molecule has 1 N–H and O–H groups in total. The number of sulfonamides is 1. The second-order valence-electron chi connectivity index (χ2n) is 9.45. The normalized spacial score (nSPS) is 12.2. The Morgan fingerprint density at radius 3 is 2.08 bits per heavy atom. The lowest BCUT2D eigenvalue weighted by Crippen LogP contribution is -2.53. The Hall–Kier alpha value is -3.72. The number of carbonyl (C=O) groups is 2. The van der Waals surface area contributed by atoms with Crippen LogP contribution in [-0.4, -0.2) is 51.0 Å². The highest BCUT2D eigenvalue weighted by molar-refractivity contribution is 7.92. The highest BCUT2D eigenvalue weighted by Crippen LogP contribution is 2.23. The topological polar surface area (TPSA) is 86.8 Å². The van der Waals surface area contributed by atoms with Crippen molar-refractivity contribution >= 4 is 27.5 Å². The number of hydrogen-bond donors (Lipinski definition) is 1. The van der Waals surface area contributed by atoms with Gasteiger partial charge in [0.25, 0.3) is 0 Å². The van der Waals surface area contributed by atoms with Crippen molar-refractivity contribution in [1.29, 1.82) is 0 Å². The van der Waals surface area contributed by atoms with E-state index < -0.39 is 40.2 Å². The maximum absolute atomic E-state index is 14.7. The van der Waals surface area contributed by atoms with Crippen LogP contribution in [0.15, 0.2) is 78.9 Å². The van der Waals surface area contributed by atoms with Gasteiger partial charge >= 0.3 is 0 Å². The molecule has 1 atom stereocenters. The van der Waals surface area contributed by atoms with Crippen molar-refractivity contribution in [3.8, 4) is 0 Å². The quantitative estimate of drug-likeness (QED) is 0.398. The molecule has 3 aromatic carbocycles. The summed E-state index contributed by atoms with van der Waals surface area (Å²) in [6, 6.07) is 21.1. The van der Waals surface area contributed by atoms with E-state index in [1.807, 2.05) is 56.3 Å². The molecule has 0 fully saturated rings. The van der Waals surface area contributed by atoms with Crippen LogP contribution in [0.1, 0.15) is 36.5 Å². The molecule has 0 radical (unpaired) electrons. The SMILES string of the molecule is CNC(=O)C(Cc1ccccc1)N(Cc1ccccc1F)C(=O)CN(c1ccc(C(C)C)cc1)S(C)(=O)=O. The Morgan fingerprint density at radius 1 is 0.921 bits per heavy atom. The highest BCUT2D eigenvalue weighted by Gasteiger charge is 2.33. The molecule has 2 amide bonds. The molecule has 7 nitrogen and oxygen atoms in total. The first-order chi connectivity index (χ1) is 18.0. The van der Waals surface area contributed by atoms with Gasteiger partial charge in [-0.25, -0.2) is 12.8 Å². The average molecular weight is 540 g/mol. The molecule has 0 aliphatic carbocycles. The van der Waals surface area contributed by atoms with Gasteiger partial charge in [0.15, 0.2) is 0 Å². The molecule has 0 saturated heterocycles. The van der Waals surface area contributed by atoms with E-state index in [1.165, 1.54) is 30.1 Å². The Bertz CT molecular complexity index is 1350. The van der Waals surface area contributed by atoms with Crippen LogP contribution in [0.4, 0.5) is 10.1 Å². The van der Waals surface area contributed by atoms with Crippen molar-refractivity contribution in [2.45, 2.75) is 38.8 Å². The van der Waals surface area contributed by atoms with Crippen LogP contribution < -0.4 is 9.62 Å². The number of rotatable bonds is 11. The molecule has 0 aromatic heterocycles. The lowest BCUT2D eigenvalue weighted by Gasteiger charge is -2.33. The number of hydrogen-bond acceptors (Lipinski definition) is 4. The molecule has 3 aromatic rings. The summed E-state index contributed by atoms with van der Waals surface area (Å²) >= 11 is 0. The van der Waals surface area contributed by atoms with Gasteiger partial charge in [0.1, 0.15) is 18.4 Å². The van der Waals surface area contributed by atoms with Gasteiger partial charge < -0.3 is 10.2 Å². The molecule has 1 unspecified atom stereocenters. The first kappa shape index (κ1) is 28.8. The number of benzene rings is 3. The summed E-state index contributed by atoms with van der Waals surface area (Å²) in [6.07, 6.45) is 1.20. The summed E-state index contributed by atoms with van der Waals surface area (Å²) in [6.45, 7) is 3.30. The van der Waals surface area contributed by atoms with E-state index in [2.05, 4.69) is 5.32 Å². The maximum atomic E-state index is 14.7. The Kier molecular flexibility index (Phi) is 9.63. The van der Waals surface area contributed by atoms with Crippen LogP contribution in [0.5, 0.6) is 0 Å². The summed E-state index contributed by atoms with van der Waals surface area (Å²) < 4.78 is 41.2. The number of amides is 2. The summed E-state index contributed by atoms with van der Waals surface area (Å²) in [5, 5.41) is 2.59. The van der Waals surface area contributed by atoms with Crippen LogP contribution in [0.25, 0.3) is 0 Å². The fraction of sp³-hybridized carbons (Fsp3) is 0.310. The van der Waals surface area contributed by atoms with Crippen LogP contribution in [0, 0.1) is 5.82 Å². The zero-order valence-corrected chi connectivity index (χ0v) is 22.9. The van der Waals surface area contributed by atoms with E-state index in [9.17, 15) is 22.4 Å². The van der Waals surface area contributed by atoms with Crippen LogP contribution in [0.2, 0.25) is 0 Å². The second-order valence-corrected chi connectivity index (χ2v) is 11.4. The Balaban J connectivity index is 2.02. The van der Waals surface area contributed by atoms with Crippen molar-refractivity contribution < 1.29 is 22.4 Å². The van der Waals surface area contributed by atoms with E-state index >= 15 is 0 Å². The molecule has 38 heavy (non-hydrogen) atoms. The predicted octanol–water partition coefficient (Wildman–Crippen LogP) is 4.10. The van der Waals surface area contributed by atoms with E-state index in [-0.39, 0.29) is 24.4 Å². The lowest BCUT2D eigenvalue weighted by molar-refractivity contribution is -0.139. The number of nitrogens with zero attached hydrogens (tertiary/aromatic N) is 2. The molecule has 0 aliphatic rings. The first-order valence-electron chi connectivity index (χ1n) is 12.4. The Labute approximate surface area is 224 Å². The molecule has 0 bridgehead atoms. The zero-order chi connectivity index (χ0) is 27.9. The standard InChI is InChI=1S/C29H34FN3O4S/c1-21(2)23-14-16-25(17-15-23)33(38(4,36)37)20-28(34)32(19-24-12-8-9-13-26(24)30)27(29(35)31-3)18-22-10-6-5-7-11-22/h5-17,21,27H,18-20H2,1-4H3,(H,31,35). The summed E-state index contributed by atoms with van der Waals surface area (Å²) in [7, 11) is -2.40. The van der Waals surface area contributed by atoms with E-state index in [0.29, 0.717) is 5.69 Å². The second kappa shape index (κ2) is 12.7. The molecule has 0 heterocycles. The monoisotopic (exact) mass is 539 g/mol. The van der Waals surface area contributed by atoms with Crippen molar-refractivity contribution in [1.82, 2.24) is 10.2 Å². The van der Waals surface area contributed by atoms with Crippen molar-refractivity contribution in [3.05, 3.63) is 101 Å².